The lowest BCUT2D eigenvalue weighted by Crippen LogP contribution is -2.27. The van der Waals surface area contributed by atoms with Crippen molar-refractivity contribution in [1.29, 1.82) is 0 Å². The lowest BCUT2D eigenvalue weighted by atomic mass is 9.86. The van der Waals surface area contributed by atoms with Crippen LogP contribution < -0.4 is 0 Å². The number of piperidine rings is 1. The first-order valence-electron chi connectivity index (χ1n) is 11.5. The van der Waals surface area contributed by atoms with Gasteiger partial charge in [-0.25, -0.2) is 9.55 Å². The van der Waals surface area contributed by atoms with Gasteiger partial charge in [-0.1, -0.05) is 66.3 Å². The van der Waals surface area contributed by atoms with Crippen molar-refractivity contribution in [3.05, 3.63) is 98.5 Å². The van der Waals surface area contributed by atoms with E-state index in [1.165, 1.54) is 51.4 Å². The lowest BCUT2D eigenvalue weighted by molar-refractivity contribution is -0.392. The number of imidazole rings is 1. The van der Waals surface area contributed by atoms with Crippen LogP contribution in [0.15, 0.2) is 60.3 Å². The standard InChI is InChI=1S/C21H21N.C6H9N3O3/c1-22-14-12-18(13-15-22)21-19-8-4-2-6-16(19)10-11-17-7-3-5-9-20(17)21;1-5-7-4-6(9(11)12)8(5)2-3-10/h2-11H,12-15H2,1H3;4,10H,2-3H2,1H3. The number of nitrogens with zero attached hydrogens (tertiary/aromatic N) is 4. The predicted molar refractivity (Wildman–Crippen MR) is 135 cm³/mol. The minimum atomic E-state index is -0.518. The molecule has 0 saturated carbocycles. The van der Waals surface area contributed by atoms with Crippen LogP contribution in [0.4, 0.5) is 5.82 Å². The Kier molecular flexibility index (Phi) is 7.35. The van der Waals surface area contributed by atoms with Crippen LogP contribution in [0.5, 0.6) is 0 Å². The van der Waals surface area contributed by atoms with Crippen molar-refractivity contribution in [3.8, 4) is 0 Å². The van der Waals surface area contributed by atoms with Crippen molar-refractivity contribution in [2.75, 3.05) is 26.7 Å². The smallest absolute Gasteiger partial charge is 0.342 e. The van der Waals surface area contributed by atoms with Crippen molar-refractivity contribution in [3.63, 3.8) is 0 Å². The Labute approximate surface area is 199 Å². The number of fused-ring (bicyclic) bond motifs is 2. The summed E-state index contributed by atoms with van der Waals surface area (Å²) >= 11 is 0. The highest BCUT2D eigenvalue weighted by Gasteiger charge is 2.21. The first-order valence-corrected chi connectivity index (χ1v) is 11.5. The van der Waals surface area contributed by atoms with Crippen LogP contribution in [0.1, 0.15) is 40.9 Å². The predicted octanol–water partition coefficient (Wildman–Crippen LogP) is 4.79. The summed E-state index contributed by atoms with van der Waals surface area (Å²) in [7, 11) is 2.22. The summed E-state index contributed by atoms with van der Waals surface area (Å²) in [6, 6.07) is 17.6. The minimum Gasteiger partial charge on any atom is -0.392 e. The molecular weight excluding hydrogens is 428 g/mol. The molecule has 0 unspecified atom stereocenters. The number of aryl methyl sites for hydroxylation is 1. The maximum absolute atomic E-state index is 10.4. The number of nitro groups is 1. The molecule has 1 saturated heterocycles. The largest absolute Gasteiger partial charge is 0.392 e. The molecule has 7 heteroatoms. The highest BCUT2D eigenvalue weighted by atomic mass is 16.6. The summed E-state index contributed by atoms with van der Waals surface area (Å²) in [4.78, 5) is 16.0. The van der Waals surface area contributed by atoms with Crippen molar-refractivity contribution >= 4 is 23.5 Å². The topological polar surface area (TPSA) is 84.4 Å². The Hall–Kier alpha value is -3.55. The van der Waals surface area contributed by atoms with E-state index < -0.39 is 4.92 Å². The third-order valence-corrected chi connectivity index (χ3v) is 6.39. The number of aromatic nitrogens is 2. The molecule has 1 aliphatic carbocycles. The van der Waals surface area contributed by atoms with Gasteiger partial charge in [0.15, 0.2) is 5.82 Å². The summed E-state index contributed by atoms with van der Waals surface area (Å²) in [5.41, 5.74) is 8.54. The first-order chi connectivity index (χ1) is 16.5. The molecule has 2 aromatic carbocycles. The van der Waals surface area contributed by atoms with Gasteiger partial charge in [0, 0.05) is 20.0 Å². The summed E-state index contributed by atoms with van der Waals surface area (Å²) in [5, 5.41) is 19.0. The van der Waals surface area contributed by atoms with Crippen LogP contribution in [0.3, 0.4) is 0 Å². The molecule has 1 aromatic heterocycles. The van der Waals surface area contributed by atoms with Crippen molar-refractivity contribution in [1.82, 2.24) is 14.5 Å². The Morgan fingerprint density at radius 3 is 2.09 bits per heavy atom. The molecule has 3 aromatic rings. The zero-order chi connectivity index (χ0) is 24.1. The maximum atomic E-state index is 10.4. The van der Waals surface area contributed by atoms with Gasteiger partial charge in [-0.2, -0.15) is 0 Å². The van der Waals surface area contributed by atoms with Gasteiger partial charge in [-0.15, -0.1) is 0 Å². The van der Waals surface area contributed by atoms with Gasteiger partial charge < -0.3 is 20.1 Å². The average Bonchev–Trinajstić information content (AvgIpc) is 3.12. The van der Waals surface area contributed by atoms with E-state index >= 15 is 0 Å². The van der Waals surface area contributed by atoms with E-state index in [9.17, 15) is 10.1 Å². The molecule has 0 atom stereocenters. The molecule has 0 radical (unpaired) electrons. The van der Waals surface area contributed by atoms with E-state index in [2.05, 4.69) is 77.6 Å². The second-order valence-electron chi connectivity index (χ2n) is 8.59. The van der Waals surface area contributed by atoms with E-state index in [1.807, 2.05) is 0 Å². The van der Waals surface area contributed by atoms with Gasteiger partial charge in [-0.3, -0.25) is 0 Å². The van der Waals surface area contributed by atoms with Crippen LogP contribution in [0, 0.1) is 17.0 Å². The van der Waals surface area contributed by atoms with E-state index in [1.54, 1.807) is 12.5 Å². The van der Waals surface area contributed by atoms with E-state index in [-0.39, 0.29) is 19.0 Å². The van der Waals surface area contributed by atoms with Gasteiger partial charge in [0.2, 0.25) is 0 Å². The van der Waals surface area contributed by atoms with Gasteiger partial charge in [0.25, 0.3) is 0 Å². The second-order valence-corrected chi connectivity index (χ2v) is 8.59. The van der Waals surface area contributed by atoms with Crippen LogP contribution in [-0.2, 0) is 6.54 Å². The number of hydrogen-bond acceptors (Lipinski definition) is 5. The van der Waals surface area contributed by atoms with Crippen LogP contribution in [0.2, 0.25) is 0 Å². The SMILES string of the molecule is CN1CCC(=C2c3ccccc3C=Cc3ccccc32)CC1.Cc1ncc([N+](=O)[O-])n1CCO. The van der Waals surface area contributed by atoms with Gasteiger partial charge in [-0.05, 0) is 52.6 Å². The fraction of sp³-hybridized carbons (Fsp3) is 0.296. The maximum Gasteiger partial charge on any atom is 0.342 e. The van der Waals surface area contributed by atoms with Crippen molar-refractivity contribution in [2.45, 2.75) is 26.3 Å². The van der Waals surface area contributed by atoms with Crippen LogP contribution >= 0.6 is 0 Å². The Morgan fingerprint density at radius 1 is 1.00 bits per heavy atom. The second kappa shape index (κ2) is 10.6. The van der Waals surface area contributed by atoms with Gasteiger partial charge >= 0.3 is 5.82 Å². The highest BCUT2D eigenvalue weighted by molar-refractivity contribution is 5.94. The third-order valence-electron chi connectivity index (χ3n) is 6.39. The molecular formula is C27H30N4O3. The molecule has 5 rings (SSSR count). The number of benzene rings is 2. The Balaban J connectivity index is 0.000000195. The quantitative estimate of drug-likeness (QED) is 0.352. The van der Waals surface area contributed by atoms with Crippen LogP contribution in [0.25, 0.3) is 17.7 Å². The fourth-order valence-electron chi connectivity index (χ4n) is 4.56. The number of aliphatic hydroxyl groups is 1. The van der Waals surface area contributed by atoms with Crippen LogP contribution in [-0.4, -0.2) is 51.2 Å². The van der Waals surface area contributed by atoms with Gasteiger partial charge in [0.05, 0.1) is 6.61 Å². The molecule has 34 heavy (non-hydrogen) atoms. The minimum absolute atomic E-state index is 0.0819. The summed E-state index contributed by atoms with van der Waals surface area (Å²) < 4.78 is 1.36. The molecule has 0 bridgehead atoms. The molecule has 1 aliphatic heterocycles. The normalized spacial score (nSPS) is 15.1. The first kappa shape index (κ1) is 23.6. The number of hydrogen-bond donors (Lipinski definition) is 1. The third kappa shape index (κ3) is 5.00. The Bertz CT molecular complexity index is 1180. The molecule has 176 valence electrons. The van der Waals surface area contributed by atoms with E-state index in [0.717, 1.165) is 13.1 Å². The van der Waals surface area contributed by atoms with Crippen molar-refractivity contribution in [2.24, 2.45) is 0 Å². The highest BCUT2D eigenvalue weighted by Crippen LogP contribution is 2.38. The zero-order valence-corrected chi connectivity index (χ0v) is 19.6. The average molecular weight is 459 g/mol. The molecule has 1 fully saturated rings. The molecule has 1 N–H and O–H groups in total. The van der Waals surface area contributed by atoms with Gasteiger partial charge in [0.1, 0.15) is 12.7 Å². The Morgan fingerprint density at radius 2 is 1.56 bits per heavy atom. The summed E-state index contributed by atoms with van der Waals surface area (Å²) in [6.07, 6.45) is 8.06. The number of rotatable bonds is 3. The molecule has 7 nitrogen and oxygen atoms in total. The molecule has 0 amide bonds. The lowest BCUT2D eigenvalue weighted by Gasteiger charge is -2.27. The van der Waals surface area contributed by atoms with Crippen molar-refractivity contribution < 1.29 is 10.0 Å². The number of aliphatic hydroxyl groups excluding tert-OH is 1. The molecule has 0 spiro atoms. The summed E-state index contributed by atoms with van der Waals surface area (Å²) in [5.74, 6) is 0.456. The molecule has 2 aliphatic rings. The monoisotopic (exact) mass is 458 g/mol. The molecule has 2 heterocycles. The van der Waals surface area contributed by atoms with E-state index in [4.69, 9.17) is 5.11 Å². The number of likely N-dealkylation sites (tertiary alicyclic amines) is 1. The summed E-state index contributed by atoms with van der Waals surface area (Å²) in [6.45, 7) is 4.07. The zero-order valence-electron chi connectivity index (χ0n) is 19.6. The fourth-order valence-corrected chi connectivity index (χ4v) is 4.56. The van der Waals surface area contributed by atoms with E-state index in [0.29, 0.717) is 5.82 Å².